The number of rotatable bonds is 4. The number of ether oxygens (including phenoxy) is 1. The first-order chi connectivity index (χ1) is 9.82. The first-order valence-corrected chi connectivity index (χ1v) is 7.75. The van der Waals surface area contributed by atoms with Crippen LogP contribution in [0.2, 0.25) is 0 Å². The second kappa shape index (κ2) is 6.63. The smallest absolute Gasteiger partial charge is 0.414 e. The Hall–Kier alpha value is -1.01. The number of hydrogen-bond acceptors (Lipinski definition) is 4. The van der Waals surface area contributed by atoms with Crippen LogP contribution in [0.4, 0.5) is 4.79 Å². The van der Waals surface area contributed by atoms with Crippen molar-refractivity contribution < 1.29 is 19.3 Å². The Morgan fingerprint density at radius 3 is 2.32 bits per heavy atom. The van der Waals surface area contributed by atoms with E-state index in [4.69, 9.17) is 9.39 Å². The van der Waals surface area contributed by atoms with Gasteiger partial charge in [-0.05, 0) is 61.3 Å². The summed E-state index contributed by atoms with van der Waals surface area (Å²) < 4.78 is 11.1. The maximum absolute atomic E-state index is 12.1. The molecular formula is C16H29BNO4. The van der Waals surface area contributed by atoms with E-state index >= 15 is 0 Å². The van der Waals surface area contributed by atoms with Crippen LogP contribution in [0.5, 0.6) is 0 Å². The minimum Gasteiger partial charge on any atom is -0.443 e. The van der Waals surface area contributed by atoms with Gasteiger partial charge >= 0.3 is 13.6 Å². The van der Waals surface area contributed by atoms with Crippen molar-refractivity contribution in [2.75, 3.05) is 6.54 Å². The van der Waals surface area contributed by atoms with Gasteiger partial charge in [0, 0.05) is 12.7 Å². The van der Waals surface area contributed by atoms with Gasteiger partial charge in [0.2, 0.25) is 0 Å². The highest BCUT2D eigenvalue weighted by Gasteiger charge is 2.36. The first kappa shape index (κ1) is 19.0. The number of carbonyl (C=O) groups is 1. The molecule has 1 aliphatic heterocycles. The Kier molecular flexibility index (Phi) is 5.74. The van der Waals surface area contributed by atoms with Crippen LogP contribution in [-0.4, -0.2) is 46.9 Å². The lowest BCUT2D eigenvalue weighted by Gasteiger charge is -2.38. The van der Waals surface area contributed by atoms with Gasteiger partial charge in [0.05, 0.1) is 11.2 Å². The minimum absolute atomic E-state index is 0.347. The average Bonchev–Trinajstić information content (AvgIpc) is 2.33. The molecule has 1 radical (unpaired) electrons. The molecule has 0 aromatic heterocycles. The molecule has 0 bridgehead atoms. The monoisotopic (exact) mass is 310 g/mol. The lowest BCUT2D eigenvalue weighted by atomic mass is 9.79. The van der Waals surface area contributed by atoms with Crippen LogP contribution in [0.1, 0.15) is 61.3 Å². The summed E-state index contributed by atoms with van der Waals surface area (Å²) in [6.07, 6.45) is 3.10. The van der Waals surface area contributed by atoms with E-state index in [1.54, 1.807) is 32.4 Å². The van der Waals surface area contributed by atoms with Gasteiger partial charge in [0.1, 0.15) is 5.60 Å². The summed E-state index contributed by atoms with van der Waals surface area (Å²) >= 11 is 0. The molecule has 0 fully saturated rings. The van der Waals surface area contributed by atoms with Crippen molar-refractivity contribution in [1.82, 2.24) is 4.90 Å². The van der Waals surface area contributed by atoms with Crippen LogP contribution < -0.4 is 0 Å². The zero-order valence-corrected chi connectivity index (χ0v) is 14.9. The van der Waals surface area contributed by atoms with E-state index in [1.807, 2.05) is 34.6 Å². The molecule has 1 amide bonds. The molecule has 0 aliphatic carbocycles. The van der Waals surface area contributed by atoms with Gasteiger partial charge in [-0.15, -0.1) is 0 Å². The van der Waals surface area contributed by atoms with Crippen LogP contribution >= 0.6 is 0 Å². The van der Waals surface area contributed by atoms with Gasteiger partial charge in [-0.3, -0.25) is 4.90 Å². The summed E-state index contributed by atoms with van der Waals surface area (Å²) in [5, 5.41) is 10.1. The lowest BCUT2D eigenvalue weighted by molar-refractivity contribution is -0.0898. The molecule has 0 saturated carbocycles. The molecule has 1 rings (SSSR count). The van der Waals surface area contributed by atoms with Gasteiger partial charge in [-0.2, -0.15) is 0 Å². The predicted molar refractivity (Wildman–Crippen MR) is 87.5 cm³/mol. The third kappa shape index (κ3) is 5.65. The quantitative estimate of drug-likeness (QED) is 0.811. The van der Waals surface area contributed by atoms with Crippen molar-refractivity contribution in [1.29, 1.82) is 0 Å². The van der Waals surface area contributed by atoms with Crippen LogP contribution in [0, 0.1) is 0 Å². The molecule has 0 unspecified atom stereocenters. The van der Waals surface area contributed by atoms with Crippen molar-refractivity contribution in [3.05, 3.63) is 11.7 Å². The normalized spacial score (nSPS) is 17.1. The predicted octanol–water partition coefficient (Wildman–Crippen LogP) is 3.04. The standard InChI is InChI=1S/C16H29BNO4/c1-14(2,3)21-13(19)18-10-8-9-12(11-18)17-22-16(6,7)15(4,5)20/h11,20H,8-10H2,1-7H3. The molecule has 1 aliphatic rings. The zero-order chi connectivity index (χ0) is 17.2. The lowest BCUT2D eigenvalue weighted by Crippen LogP contribution is -2.48. The molecule has 1 heterocycles. The number of amides is 1. The SMILES string of the molecule is CC(C)(C)OC(=O)N1C=C([B]OC(C)(C)C(C)(C)O)CCC1. The third-order valence-electron chi connectivity index (χ3n) is 3.79. The van der Waals surface area contributed by atoms with Gasteiger partial charge in [0.25, 0.3) is 0 Å². The summed E-state index contributed by atoms with van der Waals surface area (Å²) in [4.78, 5) is 13.7. The van der Waals surface area contributed by atoms with E-state index in [1.165, 1.54) is 0 Å². The second-order valence-electron chi connectivity index (χ2n) is 7.79. The highest BCUT2D eigenvalue weighted by atomic mass is 16.6. The van der Waals surface area contributed by atoms with Crippen molar-refractivity contribution in [3.8, 4) is 0 Å². The van der Waals surface area contributed by atoms with E-state index in [2.05, 4.69) is 0 Å². The average molecular weight is 310 g/mol. The van der Waals surface area contributed by atoms with E-state index in [0.29, 0.717) is 6.54 Å². The topological polar surface area (TPSA) is 59.0 Å². The van der Waals surface area contributed by atoms with Crippen LogP contribution in [-0.2, 0) is 9.39 Å². The van der Waals surface area contributed by atoms with Crippen molar-refractivity contribution >= 4 is 13.6 Å². The molecule has 0 saturated heterocycles. The summed E-state index contributed by atoms with van der Waals surface area (Å²) in [6, 6.07) is 0. The molecule has 0 atom stereocenters. The Morgan fingerprint density at radius 2 is 1.82 bits per heavy atom. The van der Waals surface area contributed by atoms with E-state index in [9.17, 15) is 9.90 Å². The minimum atomic E-state index is -0.969. The number of hydrogen-bond donors (Lipinski definition) is 1. The van der Waals surface area contributed by atoms with Gasteiger partial charge in [0.15, 0.2) is 0 Å². The van der Waals surface area contributed by atoms with Gasteiger partial charge in [-0.1, -0.05) is 5.47 Å². The van der Waals surface area contributed by atoms with Gasteiger partial charge < -0.3 is 14.5 Å². The Balaban J connectivity index is 2.66. The molecular weight excluding hydrogens is 281 g/mol. The third-order valence-corrected chi connectivity index (χ3v) is 3.79. The zero-order valence-electron chi connectivity index (χ0n) is 14.9. The summed E-state index contributed by atoms with van der Waals surface area (Å²) in [6.45, 7) is 13.3. The number of carbonyl (C=O) groups excluding carboxylic acids is 1. The maximum Gasteiger partial charge on any atom is 0.414 e. The summed E-state index contributed by atoms with van der Waals surface area (Å²) in [7, 11) is 1.63. The van der Waals surface area contributed by atoms with Crippen molar-refractivity contribution in [2.45, 2.75) is 78.1 Å². The fourth-order valence-corrected chi connectivity index (χ4v) is 1.70. The largest absolute Gasteiger partial charge is 0.443 e. The first-order valence-electron chi connectivity index (χ1n) is 7.75. The number of allylic oxidation sites excluding steroid dienone is 1. The second-order valence-corrected chi connectivity index (χ2v) is 7.79. The van der Waals surface area contributed by atoms with Crippen LogP contribution in [0.25, 0.3) is 0 Å². The molecule has 22 heavy (non-hydrogen) atoms. The fourth-order valence-electron chi connectivity index (χ4n) is 1.70. The Morgan fingerprint density at radius 1 is 1.23 bits per heavy atom. The van der Waals surface area contributed by atoms with E-state index < -0.39 is 16.8 Å². The highest BCUT2D eigenvalue weighted by molar-refractivity contribution is 6.38. The fraction of sp³-hybridized carbons (Fsp3) is 0.812. The molecule has 0 spiro atoms. The van der Waals surface area contributed by atoms with Crippen LogP contribution in [0.3, 0.4) is 0 Å². The Labute approximate surface area is 134 Å². The van der Waals surface area contributed by atoms with Crippen molar-refractivity contribution in [3.63, 3.8) is 0 Å². The molecule has 5 nitrogen and oxygen atoms in total. The summed E-state index contributed by atoms with van der Waals surface area (Å²) in [5.74, 6) is 0. The van der Waals surface area contributed by atoms with Crippen molar-refractivity contribution in [2.24, 2.45) is 0 Å². The van der Waals surface area contributed by atoms with Crippen LogP contribution in [0.15, 0.2) is 11.7 Å². The van der Waals surface area contributed by atoms with E-state index in [0.717, 1.165) is 18.3 Å². The number of aliphatic hydroxyl groups is 1. The summed E-state index contributed by atoms with van der Waals surface area (Å²) in [5.41, 5.74) is -1.29. The molecule has 125 valence electrons. The molecule has 0 aromatic carbocycles. The number of nitrogens with zero attached hydrogens (tertiary/aromatic N) is 1. The van der Waals surface area contributed by atoms with E-state index in [-0.39, 0.29) is 6.09 Å². The molecule has 0 aromatic rings. The Bertz CT molecular complexity index is 432. The maximum atomic E-state index is 12.1. The molecule has 1 N–H and O–H groups in total. The van der Waals surface area contributed by atoms with Gasteiger partial charge in [-0.25, -0.2) is 4.79 Å². The highest BCUT2D eigenvalue weighted by Crippen LogP contribution is 2.26. The molecule has 6 heteroatoms.